The molecular weight excluding hydrogens is 372 g/mol. The maximum atomic E-state index is 12.9. The van der Waals surface area contributed by atoms with Crippen LogP contribution in [0, 0.1) is 0 Å². The van der Waals surface area contributed by atoms with Gasteiger partial charge in [0, 0.05) is 36.9 Å². The summed E-state index contributed by atoms with van der Waals surface area (Å²) < 4.78 is 11.4. The number of nitrogens with one attached hydrogen (secondary N) is 2. The van der Waals surface area contributed by atoms with Crippen LogP contribution in [-0.4, -0.2) is 52.8 Å². The van der Waals surface area contributed by atoms with Crippen molar-refractivity contribution in [3.63, 3.8) is 0 Å². The van der Waals surface area contributed by atoms with Gasteiger partial charge >= 0.3 is 0 Å². The summed E-state index contributed by atoms with van der Waals surface area (Å²) in [7, 11) is 1.56. The zero-order chi connectivity index (χ0) is 20.0. The molecule has 8 nitrogen and oxygen atoms in total. The summed E-state index contributed by atoms with van der Waals surface area (Å²) in [6.07, 6.45) is 2.74. The van der Waals surface area contributed by atoms with Crippen LogP contribution >= 0.6 is 0 Å². The smallest absolute Gasteiger partial charge is 0.258 e. The van der Waals surface area contributed by atoms with Crippen molar-refractivity contribution in [2.75, 3.05) is 20.2 Å². The number of aromatic amines is 1. The van der Waals surface area contributed by atoms with Gasteiger partial charge in [0.05, 0.1) is 24.4 Å². The second kappa shape index (κ2) is 6.51. The van der Waals surface area contributed by atoms with E-state index < -0.39 is 5.72 Å². The molecule has 2 aliphatic rings. The Morgan fingerprint density at radius 3 is 2.83 bits per heavy atom. The van der Waals surface area contributed by atoms with Gasteiger partial charge in [-0.1, -0.05) is 0 Å². The molecule has 1 saturated heterocycles. The van der Waals surface area contributed by atoms with Crippen LogP contribution in [0.4, 0.5) is 0 Å². The van der Waals surface area contributed by atoms with Gasteiger partial charge in [0.1, 0.15) is 11.5 Å². The number of rotatable bonds is 2. The first-order chi connectivity index (χ1) is 14.1. The molecular formula is C21H20N4O4. The normalized spacial score (nSPS) is 17.6. The molecule has 0 aliphatic carbocycles. The number of fused-ring (bicyclic) bond motifs is 2. The summed E-state index contributed by atoms with van der Waals surface area (Å²) in [6.45, 7) is 0.988. The highest BCUT2D eigenvalue weighted by molar-refractivity contribution is 5.99. The van der Waals surface area contributed by atoms with E-state index in [0.29, 0.717) is 48.6 Å². The van der Waals surface area contributed by atoms with E-state index in [9.17, 15) is 9.59 Å². The second-order valence-electron chi connectivity index (χ2n) is 7.38. The van der Waals surface area contributed by atoms with E-state index in [2.05, 4.69) is 15.5 Å². The first-order valence-corrected chi connectivity index (χ1v) is 9.49. The van der Waals surface area contributed by atoms with E-state index >= 15 is 0 Å². The molecule has 2 amide bonds. The topological polar surface area (TPSA) is 96.6 Å². The third-order valence-electron chi connectivity index (χ3n) is 5.62. The van der Waals surface area contributed by atoms with Crippen molar-refractivity contribution in [1.29, 1.82) is 0 Å². The summed E-state index contributed by atoms with van der Waals surface area (Å²) in [5.74, 6) is 0.929. The number of piperidine rings is 1. The number of aromatic nitrogens is 2. The molecule has 3 heterocycles. The summed E-state index contributed by atoms with van der Waals surface area (Å²) in [6, 6.07) is 10.7. The molecule has 2 aromatic carbocycles. The molecule has 0 bridgehead atoms. The highest BCUT2D eigenvalue weighted by Crippen LogP contribution is 2.35. The zero-order valence-corrected chi connectivity index (χ0v) is 15.9. The molecule has 1 fully saturated rings. The minimum atomic E-state index is -0.788. The molecule has 0 saturated carbocycles. The van der Waals surface area contributed by atoms with E-state index in [-0.39, 0.29) is 11.8 Å². The van der Waals surface area contributed by atoms with Crippen LogP contribution in [-0.2, 0) is 0 Å². The van der Waals surface area contributed by atoms with E-state index in [4.69, 9.17) is 9.47 Å². The third-order valence-corrected chi connectivity index (χ3v) is 5.62. The molecule has 148 valence electrons. The highest BCUT2D eigenvalue weighted by Gasteiger charge is 2.43. The van der Waals surface area contributed by atoms with Gasteiger partial charge in [0.15, 0.2) is 5.72 Å². The number of H-pyrrole nitrogens is 1. The van der Waals surface area contributed by atoms with Crippen molar-refractivity contribution < 1.29 is 19.1 Å². The van der Waals surface area contributed by atoms with Crippen molar-refractivity contribution in [2.24, 2.45) is 0 Å². The Kier molecular flexibility index (Phi) is 3.94. The van der Waals surface area contributed by atoms with Gasteiger partial charge in [0.25, 0.3) is 11.8 Å². The van der Waals surface area contributed by atoms with E-state index in [1.807, 2.05) is 12.1 Å². The molecule has 5 rings (SSSR count). The van der Waals surface area contributed by atoms with Crippen LogP contribution in [0.1, 0.15) is 33.6 Å². The van der Waals surface area contributed by atoms with Crippen LogP contribution in [0.5, 0.6) is 11.5 Å². The Hall–Kier alpha value is -3.55. The molecule has 8 heteroatoms. The monoisotopic (exact) mass is 392 g/mol. The number of amides is 2. The fraction of sp³-hybridized carbons (Fsp3) is 0.286. The average molecular weight is 392 g/mol. The number of benzene rings is 2. The van der Waals surface area contributed by atoms with E-state index in [1.165, 1.54) is 0 Å². The Morgan fingerprint density at radius 2 is 2.03 bits per heavy atom. The minimum Gasteiger partial charge on any atom is -0.497 e. The number of likely N-dealkylation sites (tertiary alicyclic amines) is 1. The molecule has 1 spiro atoms. The summed E-state index contributed by atoms with van der Waals surface area (Å²) in [5.41, 5.74) is 1.19. The van der Waals surface area contributed by atoms with Crippen LogP contribution in [0.15, 0.2) is 42.6 Å². The Morgan fingerprint density at radius 1 is 1.21 bits per heavy atom. The lowest BCUT2D eigenvalue weighted by Gasteiger charge is -2.44. The fourth-order valence-electron chi connectivity index (χ4n) is 3.97. The molecule has 0 unspecified atom stereocenters. The largest absolute Gasteiger partial charge is 0.497 e. The van der Waals surface area contributed by atoms with E-state index in [1.54, 1.807) is 42.5 Å². The van der Waals surface area contributed by atoms with Crippen molar-refractivity contribution in [2.45, 2.75) is 18.6 Å². The van der Waals surface area contributed by atoms with Gasteiger partial charge < -0.3 is 19.7 Å². The van der Waals surface area contributed by atoms with Gasteiger partial charge in [-0.3, -0.25) is 14.7 Å². The lowest BCUT2D eigenvalue weighted by molar-refractivity contribution is -0.0246. The van der Waals surface area contributed by atoms with Gasteiger partial charge in [-0.2, -0.15) is 5.10 Å². The van der Waals surface area contributed by atoms with E-state index in [0.717, 1.165) is 10.9 Å². The minimum absolute atomic E-state index is 0.0322. The van der Waals surface area contributed by atoms with Crippen molar-refractivity contribution in [1.82, 2.24) is 20.4 Å². The maximum Gasteiger partial charge on any atom is 0.258 e. The number of hydrogen-bond donors (Lipinski definition) is 2. The van der Waals surface area contributed by atoms with Crippen molar-refractivity contribution >= 4 is 22.7 Å². The lowest BCUT2D eigenvalue weighted by atomic mass is 9.96. The molecule has 0 radical (unpaired) electrons. The first kappa shape index (κ1) is 17.5. The van der Waals surface area contributed by atoms with Gasteiger partial charge in [-0.25, -0.2) is 0 Å². The molecule has 2 N–H and O–H groups in total. The number of hydrogen-bond acceptors (Lipinski definition) is 5. The van der Waals surface area contributed by atoms with Gasteiger partial charge in [0.2, 0.25) is 0 Å². The van der Waals surface area contributed by atoms with Crippen LogP contribution in [0.3, 0.4) is 0 Å². The number of carbonyl (C=O) groups excluding carboxylic acids is 2. The Labute approximate surface area is 166 Å². The van der Waals surface area contributed by atoms with Crippen molar-refractivity contribution in [3.05, 3.63) is 53.7 Å². The predicted octanol–water partition coefficient (Wildman–Crippen LogP) is 2.33. The second-order valence-corrected chi connectivity index (χ2v) is 7.38. The molecule has 0 atom stereocenters. The van der Waals surface area contributed by atoms with Crippen LogP contribution < -0.4 is 14.8 Å². The number of carbonyl (C=O) groups is 2. The first-order valence-electron chi connectivity index (χ1n) is 9.49. The number of ether oxygens (including phenoxy) is 2. The summed E-state index contributed by atoms with van der Waals surface area (Å²) >= 11 is 0. The van der Waals surface area contributed by atoms with Gasteiger partial charge in [-0.15, -0.1) is 0 Å². The predicted molar refractivity (Wildman–Crippen MR) is 105 cm³/mol. The average Bonchev–Trinajstić information content (AvgIpc) is 3.21. The van der Waals surface area contributed by atoms with Crippen LogP contribution in [0.2, 0.25) is 0 Å². The lowest BCUT2D eigenvalue weighted by Crippen LogP contribution is -2.61. The maximum absolute atomic E-state index is 12.9. The summed E-state index contributed by atoms with van der Waals surface area (Å²) in [4.78, 5) is 27.3. The number of nitrogens with zero attached hydrogens (tertiary/aromatic N) is 2. The summed E-state index contributed by atoms with van der Waals surface area (Å²) in [5, 5.41) is 10.8. The zero-order valence-electron chi connectivity index (χ0n) is 15.9. The molecule has 29 heavy (non-hydrogen) atoms. The quantitative estimate of drug-likeness (QED) is 0.698. The number of methoxy groups -OCH3 is 1. The van der Waals surface area contributed by atoms with Gasteiger partial charge in [-0.05, 0) is 36.4 Å². The van der Waals surface area contributed by atoms with Crippen molar-refractivity contribution in [3.8, 4) is 11.5 Å². The van der Waals surface area contributed by atoms with Crippen LogP contribution in [0.25, 0.3) is 10.9 Å². The Bertz CT molecular complexity index is 1110. The molecule has 1 aromatic heterocycles. The highest BCUT2D eigenvalue weighted by atomic mass is 16.5. The fourth-order valence-corrected chi connectivity index (χ4v) is 3.97. The molecule has 2 aliphatic heterocycles. The molecule has 3 aromatic rings. The SMILES string of the molecule is COc1ccc2c(c1)C(=O)NC1(CCN(C(=O)c3ccc4[nH]ncc4c3)CC1)O2. The Balaban J connectivity index is 1.31. The third kappa shape index (κ3) is 2.97. The standard InChI is InChI=1S/C21H20N4O4/c1-28-15-3-5-18-16(11-15)19(26)23-21(29-18)6-8-25(9-7-21)20(27)13-2-4-17-14(10-13)12-22-24-17/h2-5,10-12H,6-9H2,1H3,(H,22,24)(H,23,26).